The fraction of sp³-hybridized carbons (Fsp3) is 0.583. The Morgan fingerprint density at radius 1 is 1.45 bits per heavy atom. The van der Waals surface area contributed by atoms with E-state index < -0.39 is 16.0 Å². The third-order valence-electron chi connectivity index (χ3n) is 3.29. The van der Waals surface area contributed by atoms with Gasteiger partial charge in [0.15, 0.2) is 0 Å². The third-order valence-corrected chi connectivity index (χ3v) is 6.01. The molecule has 0 spiro atoms. The Bertz CT molecular complexity index is 532. The first kappa shape index (κ1) is 15.4. The molecule has 0 saturated carbocycles. The van der Waals surface area contributed by atoms with Gasteiger partial charge in [-0.05, 0) is 30.2 Å². The lowest BCUT2D eigenvalue weighted by Gasteiger charge is -2.30. The van der Waals surface area contributed by atoms with Gasteiger partial charge in [-0.15, -0.1) is 0 Å². The average molecular weight is 319 g/mol. The zero-order valence-corrected chi connectivity index (χ0v) is 12.5. The van der Waals surface area contributed by atoms with Crippen LogP contribution in [0.15, 0.2) is 21.7 Å². The summed E-state index contributed by atoms with van der Waals surface area (Å²) in [6, 6.07) is 1.61. The van der Waals surface area contributed by atoms with Crippen molar-refractivity contribution in [1.82, 2.24) is 4.31 Å². The molecule has 1 aliphatic rings. The zero-order valence-electron chi connectivity index (χ0n) is 10.9. The molecule has 112 valence electrons. The molecule has 0 atom stereocenters. The minimum Gasteiger partial charge on any atom is -0.480 e. The molecule has 0 radical (unpaired) electrons. The highest BCUT2D eigenvalue weighted by Gasteiger charge is 2.29. The van der Waals surface area contributed by atoms with Gasteiger partial charge in [0.05, 0.1) is 11.5 Å². The molecule has 1 aromatic rings. The average Bonchev–Trinajstić information content (AvgIpc) is 2.93. The molecule has 0 unspecified atom stereocenters. The number of ether oxygens (including phenoxy) is 1. The van der Waals surface area contributed by atoms with Crippen molar-refractivity contribution in [3.05, 3.63) is 16.8 Å². The number of rotatable bonds is 6. The van der Waals surface area contributed by atoms with Crippen LogP contribution >= 0.6 is 11.3 Å². The van der Waals surface area contributed by atoms with Crippen LogP contribution in [0.2, 0.25) is 0 Å². The highest BCUT2D eigenvalue weighted by molar-refractivity contribution is 7.89. The Morgan fingerprint density at radius 3 is 2.70 bits per heavy atom. The van der Waals surface area contributed by atoms with Crippen molar-refractivity contribution in [3.63, 3.8) is 0 Å². The molecule has 1 aromatic heterocycles. The molecule has 2 rings (SSSR count). The summed E-state index contributed by atoms with van der Waals surface area (Å²) in [7, 11) is -3.37. The number of hydrogen-bond donors (Lipinski definition) is 1. The predicted molar refractivity (Wildman–Crippen MR) is 74.3 cm³/mol. The summed E-state index contributed by atoms with van der Waals surface area (Å²) < 4.78 is 31.1. The van der Waals surface area contributed by atoms with Crippen LogP contribution in [0, 0.1) is 5.92 Å². The molecular weight excluding hydrogens is 302 g/mol. The molecule has 0 bridgehead atoms. The second kappa shape index (κ2) is 6.66. The van der Waals surface area contributed by atoms with E-state index in [0.29, 0.717) is 37.4 Å². The molecule has 1 N–H and O–H groups in total. The van der Waals surface area contributed by atoms with E-state index >= 15 is 0 Å². The van der Waals surface area contributed by atoms with Crippen LogP contribution < -0.4 is 0 Å². The van der Waals surface area contributed by atoms with E-state index in [1.165, 1.54) is 15.6 Å². The van der Waals surface area contributed by atoms with Crippen LogP contribution in [0.5, 0.6) is 0 Å². The van der Waals surface area contributed by atoms with Crippen LogP contribution in [0.25, 0.3) is 0 Å². The van der Waals surface area contributed by atoms with E-state index in [1.807, 2.05) is 0 Å². The fourth-order valence-corrected chi connectivity index (χ4v) is 4.66. The van der Waals surface area contributed by atoms with Gasteiger partial charge in [-0.25, -0.2) is 13.2 Å². The molecule has 6 nitrogen and oxygen atoms in total. The molecule has 1 fully saturated rings. The largest absolute Gasteiger partial charge is 0.480 e. The number of carboxylic acids is 1. The number of hydrogen-bond acceptors (Lipinski definition) is 5. The summed E-state index contributed by atoms with van der Waals surface area (Å²) in [5.74, 6) is -0.759. The molecule has 0 aromatic carbocycles. The summed E-state index contributed by atoms with van der Waals surface area (Å²) in [6.07, 6.45) is 1.39. The van der Waals surface area contributed by atoms with Gasteiger partial charge < -0.3 is 9.84 Å². The molecule has 1 saturated heterocycles. The first-order chi connectivity index (χ1) is 9.50. The second-order valence-corrected chi connectivity index (χ2v) is 7.43. The van der Waals surface area contributed by atoms with E-state index in [4.69, 9.17) is 9.84 Å². The van der Waals surface area contributed by atoms with Crippen molar-refractivity contribution < 1.29 is 23.1 Å². The van der Waals surface area contributed by atoms with Gasteiger partial charge >= 0.3 is 5.97 Å². The first-order valence-corrected chi connectivity index (χ1v) is 8.70. The maximum Gasteiger partial charge on any atom is 0.329 e. The van der Waals surface area contributed by atoms with Gasteiger partial charge in [-0.3, -0.25) is 0 Å². The van der Waals surface area contributed by atoms with E-state index in [9.17, 15) is 13.2 Å². The highest BCUT2D eigenvalue weighted by atomic mass is 32.2. The number of carboxylic acid groups (broad SMARTS) is 1. The van der Waals surface area contributed by atoms with Gasteiger partial charge in [0.25, 0.3) is 0 Å². The fourth-order valence-electron chi connectivity index (χ4n) is 2.18. The molecule has 0 aliphatic carbocycles. The Morgan fingerprint density at radius 2 is 2.15 bits per heavy atom. The molecule has 2 heterocycles. The first-order valence-electron chi connectivity index (χ1n) is 6.32. The van der Waals surface area contributed by atoms with Gasteiger partial charge in [-0.1, -0.05) is 0 Å². The topological polar surface area (TPSA) is 83.9 Å². The van der Waals surface area contributed by atoms with E-state index in [-0.39, 0.29) is 12.5 Å². The Balaban J connectivity index is 1.84. The van der Waals surface area contributed by atoms with Crippen LogP contribution in [-0.4, -0.2) is 50.1 Å². The molecular formula is C12H17NO5S2. The minimum atomic E-state index is -3.37. The van der Waals surface area contributed by atoms with Gasteiger partial charge in [0, 0.05) is 18.5 Å². The smallest absolute Gasteiger partial charge is 0.329 e. The summed E-state index contributed by atoms with van der Waals surface area (Å²) >= 11 is 1.36. The number of sulfonamides is 1. The monoisotopic (exact) mass is 319 g/mol. The van der Waals surface area contributed by atoms with Crippen molar-refractivity contribution in [2.45, 2.75) is 17.7 Å². The number of nitrogens with zero attached hydrogens (tertiary/aromatic N) is 1. The Hall–Kier alpha value is -0.960. The SMILES string of the molecule is O=C(O)COCC1CCN(S(=O)(=O)c2ccsc2)CC1. The lowest BCUT2D eigenvalue weighted by atomic mass is 9.99. The van der Waals surface area contributed by atoms with Crippen molar-refractivity contribution in [2.24, 2.45) is 5.92 Å². The van der Waals surface area contributed by atoms with Crippen molar-refractivity contribution in [1.29, 1.82) is 0 Å². The van der Waals surface area contributed by atoms with Crippen LogP contribution in [-0.2, 0) is 19.6 Å². The normalized spacial score (nSPS) is 18.2. The molecule has 1 aliphatic heterocycles. The predicted octanol–water partition coefficient (Wildman–Crippen LogP) is 1.25. The lowest BCUT2D eigenvalue weighted by Crippen LogP contribution is -2.39. The highest BCUT2D eigenvalue weighted by Crippen LogP contribution is 2.25. The summed E-state index contributed by atoms with van der Waals surface area (Å²) in [5.41, 5.74) is 0. The van der Waals surface area contributed by atoms with Crippen molar-refractivity contribution in [3.8, 4) is 0 Å². The van der Waals surface area contributed by atoms with Crippen LogP contribution in [0.3, 0.4) is 0 Å². The zero-order chi connectivity index (χ0) is 14.6. The van der Waals surface area contributed by atoms with E-state index in [1.54, 1.807) is 16.8 Å². The lowest BCUT2D eigenvalue weighted by molar-refractivity contribution is -0.142. The molecule has 0 amide bonds. The minimum absolute atomic E-state index is 0.225. The third kappa shape index (κ3) is 3.78. The Labute approximate surface area is 122 Å². The van der Waals surface area contributed by atoms with Crippen LogP contribution in [0.4, 0.5) is 0 Å². The second-order valence-electron chi connectivity index (χ2n) is 4.72. The van der Waals surface area contributed by atoms with Crippen molar-refractivity contribution in [2.75, 3.05) is 26.3 Å². The molecule has 8 heteroatoms. The van der Waals surface area contributed by atoms with Gasteiger partial charge in [-0.2, -0.15) is 15.6 Å². The summed E-state index contributed by atoms with van der Waals surface area (Å²) in [4.78, 5) is 10.7. The van der Waals surface area contributed by atoms with Crippen molar-refractivity contribution >= 4 is 27.3 Å². The molecule has 20 heavy (non-hydrogen) atoms. The van der Waals surface area contributed by atoms with E-state index in [2.05, 4.69) is 0 Å². The number of thiophene rings is 1. The maximum absolute atomic E-state index is 12.3. The van der Waals surface area contributed by atoms with Crippen LogP contribution in [0.1, 0.15) is 12.8 Å². The summed E-state index contributed by atoms with van der Waals surface area (Å²) in [5, 5.41) is 11.9. The maximum atomic E-state index is 12.3. The van der Waals surface area contributed by atoms with Gasteiger partial charge in [0.1, 0.15) is 6.61 Å². The number of aliphatic carboxylic acids is 1. The summed E-state index contributed by atoms with van der Waals surface area (Å²) in [6.45, 7) is 0.991. The van der Waals surface area contributed by atoms with Gasteiger partial charge in [0.2, 0.25) is 10.0 Å². The Kier molecular flexibility index (Phi) is 5.14. The quantitative estimate of drug-likeness (QED) is 0.853. The van der Waals surface area contributed by atoms with E-state index in [0.717, 1.165) is 0 Å². The standard InChI is InChI=1S/C12H17NO5S2/c14-12(15)8-18-7-10-1-4-13(5-2-10)20(16,17)11-3-6-19-9-11/h3,6,9-10H,1-2,4-5,7-8H2,(H,14,15). The number of carbonyl (C=O) groups is 1. The number of piperidine rings is 1.